The number of benzene rings is 1. The van der Waals surface area contributed by atoms with Gasteiger partial charge in [-0.05, 0) is 38.0 Å². The zero-order valence-corrected chi connectivity index (χ0v) is 15.2. The van der Waals surface area contributed by atoms with E-state index in [0.717, 1.165) is 30.2 Å². The molecule has 3 amide bonds. The maximum atomic E-state index is 12.0. The zero-order chi connectivity index (χ0) is 16.8. The fraction of sp³-hybridized carbons (Fsp3) is 0.500. The van der Waals surface area contributed by atoms with E-state index in [0.29, 0.717) is 10.8 Å². The number of carbonyl (C=O) groups excluding carboxylic acids is 2. The van der Waals surface area contributed by atoms with Crippen LogP contribution in [0.4, 0.5) is 4.79 Å². The molecule has 0 radical (unpaired) electrons. The van der Waals surface area contributed by atoms with E-state index in [4.69, 9.17) is 16.3 Å². The highest BCUT2D eigenvalue weighted by molar-refractivity contribution is 9.10. The Balaban J connectivity index is 1.83. The van der Waals surface area contributed by atoms with Crippen LogP contribution >= 0.6 is 27.5 Å². The number of ether oxygens (including phenoxy) is 1. The number of halogens is 2. The van der Waals surface area contributed by atoms with Crippen molar-refractivity contribution in [1.82, 2.24) is 10.6 Å². The minimum absolute atomic E-state index is 0.147. The molecule has 5 nitrogen and oxygen atoms in total. The summed E-state index contributed by atoms with van der Waals surface area (Å²) in [6, 6.07) is 4.78. The maximum Gasteiger partial charge on any atom is 0.321 e. The van der Waals surface area contributed by atoms with Gasteiger partial charge in [0.05, 0.1) is 5.02 Å². The van der Waals surface area contributed by atoms with E-state index >= 15 is 0 Å². The molecule has 0 aromatic heterocycles. The lowest BCUT2D eigenvalue weighted by Gasteiger charge is -2.23. The summed E-state index contributed by atoms with van der Waals surface area (Å²) in [6.45, 7) is 1.57. The van der Waals surface area contributed by atoms with Crippen LogP contribution in [0.5, 0.6) is 5.75 Å². The van der Waals surface area contributed by atoms with E-state index in [1.807, 2.05) is 0 Å². The van der Waals surface area contributed by atoms with Gasteiger partial charge in [-0.1, -0.05) is 46.8 Å². The molecule has 0 bridgehead atoms. The molecule has 1 saturated carbocycles. The van der Waals surface area contributed by atoms with Crippen LogP contribution in [0.3, 0.4) is 0 Å². The molecule has 1 atom stereocenters. The fourth-order valence-electron chi connectivity index (χ4n) is 2.50. The summed E-state index contributed by atoms with van der Waals surface area (Å²) in [6.07, 6.45) is 4.52. The van der Waals surface area contributed by atoms with E-state index in [9.17, 15) is 9.59 Å². The first-order valence-corrected chi connectivity index (χ1v) is 8.86. The highest BCUT2D eigenvalue weighted by Gasteiger charge is 2.21. The van der Waals surface area contributed by atoms with Crippen molar-refractivity contribution in [2.45, 2.75) is 51.2 Å². The average molecular weight is 404 g/mol. The molecular weight excluding hydrogens is 384 g/mol. The largest absolute Gasteiger partial charge is 0.479 e. The first-order chi connectivity index (χ1) is 11.0. The quantitative estimate of drug-likeness (QED) is 0.797. The van der Waals surface area contributed by atoms with Crippen LogP contribution in [0.2, 0.25) is 5.02 Å². The van der Waals surface area contributed by atoms with Gasteiger partial charge in [-0.3, -0.25) is 10.1 Å². The molecule has 0 spiro atoms. The molecule has 1 aliphatic rings. The van der Waals surface area contributed by atoms with Gasteiger partial charge in [0.1, 0.15) is 5.75 Å². The molecule has 0 heterocycles. The van der Waals surface area contributed by atoms with Crippen molar-refractivity contribution in [3.05, 3.63) is 27.7 Å². The van der Waals surface area contributed by atoms with Gasteiger partial charge in [-0.2, -0.15) is 0 Å². The summed E-state index contributed by atoms with van der Waals surface area (Å²) in [5.74, 6) is -0.109. The highest BCUT2D eigenvalue weighted by atomic mass is 79.9. The second kappa shape index (κ2) is 8.55. The SMILES string of the molecule is C[C@@H](Oc1ccc(Br)cc1Cl)C(=O)NC(=O)NC1CCCCC1. The van der Waals surface area contributed by atoms with Crippen LogP contribution in [-0.4, -0.2) is 24.1 Å². The molecule has 1 aromatic rings. The molecule has 7 heteroatoms. The van der Waals surface area contributed by atoms with Crippen LogP contribution in [-0.2, 0) is 4.79 Å². The Morgan fingerprint density at radius 1 is 1.30 bits per heavy atom. The van der Waals surface area contributed by atoms with Crippen molar-refractivity contribution in [1.29, 1.82) is 0 Å². The van der Waals surface area contributed by atoms with Crippen molar-refractivity contribution in [2.24, 2.45) is 0 Å². The van der Waals surface area contributed by atoms with Gasteiger partial charge < -0.3 is 10.1 Å². The Hall–Kier alpha value is -1.27. The minimum Gasteiger partial charge on any atom is -0.479 e. The van der Waals surface area contributed by atoms with Gasteiger partial charge in [-0.15, -0.1) is 0 Å². The number of rotatable bonds is 4. The molecule has 1 aromatic carbocycles. The van der Waals surface area contributed by atoms with Crippen molar-refractivity contribution < 1.29 is 14.3 Å². The Morgan fingerprint density at radius 2 is 2.00 bits per heavy atom. The maximum absolute atomic E-state index is 12.0. The zero-order valence-electron chi connectivity index (χ0n) is 12.9. The first-order valence-electron chi connectivity index (χ1n) is 7.69. The molecule has 0 unspecified atom stereocenters. The first kappa shape index (κ1) is 18.1. The van der Waals surface area contributed by atoms with Crippen LogP contribution in [0.15, 0.2) is 22.7 Å². The Labute approximate surface area is 149 Å². The van der Waals surface area contributed by atoms with Crippen molar-refractivity contribution >= 4 is 39.5 Å². The van der Waals surface area contributed by atoms with Crippen molar-refractivity contribution in [2.75, 3.05) is 0 Å². The van der Waals surface area contributed by atoms with Gasteiger partial charge in [0.2, 0.25) is 0 Å². The van der Waals surface area contributed by atoms with Gasteiger partial charge in [0, 0.05) is 10.5 Å². The van der Waals surface area contributed by atoms with Gasteiger partial charge >= 0.3 is 6.03 Å². The number of hydrogen-bond donors (Lipinski definition) is 2. The number of urea groups is 1. The summed E-state index contributed by atoms with van der Waals surface area (Å²) in [5, 5.41) is 5.53. The molecule has 1 fully saturated rings. The second-order valence-electron chi connectivity index (χ2n) is 5.63. The van der Waals surface area contributed by atoms with E-state index in [1.54, 1.807) is 25.1 Å². The standard InChI is InChI=1S/C16H20BrClN2O3/c1-10(23-14-8-7-11(17)9-13(14)18)15(21)20-16(22)19-12-5-3-2-4-6-12/h7-10,12H,2-6H2,1H3,(H2,19,20,21,22)/t10-/m1/s1. The Kier molecular flexibility index (Phi) is 6.72. The molecule has 0 saturated heterocycles. The summed E-state index contributed by atoms with van der Waals surface area (Å²) < 4.78 is 6.33. The highest BCUT2D eigenvalue weighted by Crippen LogP contribution is 2.28. The summed E-state index contributed by atoms with van der Waals surface area (Å²) in [5.41, 5.74) is 0. The molecular formula is C16H20BrClN2O3. The number of hydrogen-bond acceptors (Lipinski definition) is 3. The lowest BCUT2D eigenvalue weighted by atomic mass is 9.96. The molecule has 1 aliphatic carbocycles. The number of amides is 3. The minimum atomic E-state index is -0.828. The molecule has 0 aliphatic heterocycles. The van der Waals surface area contributed by atoms with Gasteiger partial charge in [-0.25, -0.2) is 4.79 Å². The fourth-order valence-corrected chi connectivity index (χ4v) is 3.21. The van der Waals surface area contributed by atoms with E-state index in [1.165, 1.54) is 6.42 Å². The van der Waals surface area contributed by atoms with Crippen molar-refractivity contribution in [3.63, 3.8) is 0 Å². The van der Waals surface area contributed by atoms with Crippen LogP contribution in [0.25, 0.3) is 0 Å². The van der Waals surface area contributed by atoms with Crippen molar-refractivity contribution in [3.8, 4) is 5.75 Å². The second-order valence-corrected chi connectivity index (χ2v) is 6.96. The summed E-state index contributed by atoms with van der Waals surface area (Å²) in [4.78, 5) is 23.9. The van der Waals surface area contributed by atoms with Gasteiger partial charge in [0.15, 0.2) is 6.10 Å². The third-order valence-corrected chi connectivity index (χ3v) is 4.53. The smallest absolute Gasteiger partial charge is 0.321 e. The van der Waals surface area contributed by atoms with E-state index in [-0.39, 0.29) is 6.04 Å². The predicted molar refractivity (Wildman–Crippen MR) is 92.8 cm³/mol. The van der Waals surface area contributed by atoms with E-state index < -0.39 is 18.0 Å². The lowest BCUT2D eigenvalue weighted by Crippen LogP contribution is -2.48. The predicted octanol–water partition coefficient (Wildman–Crippen LogP) is 4.03. The molecule has 2 N–H and O–H groups in total. The normalized spacial score (nSPS) is 16.5. The number of imide groups is 1. The number of nitrogens with one attached hydrogen (secondary N) is 2. The van der Waals surface area contributed by atoms with Gasteiger partial charge in [0.25, 0.3) is 5.91 Å². The molecule has 126 valence electrons. The molecule has 2 rings (SSSR count). The molecule has 23 heavy (non-hydrogen) atoms. The third kappa shape index (κ3) is 5.70. The summed E-state index contributed by atoms with van der Waals surface area (Å²) in [7, 11) is 0. The lowest BCUT2D eigenvalue weighted by molar-refractivity contribution is -0.126. The Morgan fingerprint density at radius 3 is 2.65 bits per heavy atom. The Bertz CT molecular complexity index is 576. The topological polar surface area (TPSA) is 67.4 Å². The van der Waals surface area contributed by atoms with Crippen LogP contribution < -0.4 is 15.4 Å². The van der Waals surface area contributed by atoms with Crippen LogP contribution in [0, 0.1) is 0 Å². The van der Waals surface area contributed by atoms with E-state index in [2.05, 4.69) is 26.6 Å². The monoisotopic (exact) mass is 402 g/mol. The van der Waals surface area contributed by atoms with Crippen LogP contribution in [0.1, 0.15) is 39.0 Å². The average Bonchev–Trinajstić information content (AvgIpc) is 2.50. The third-order valence-electron chi connectivity index (χ3n) is 3.74. The summed E-state index contributed by atoms with van der Waals surface area (Å²) >= 11 is 9.35. The number of carbonyl (C=O) groups is 2.